The van der Waals surface area contributed by atoms with Crippen LogP contribution in [0.5, 0.6) is 0 Å². The average molecular weight is 214 g/mol. The van der Waals surface area contributed by atoms with Gasteiger partial charge in [0.25, 0.3) is 0 Å². The van der Waals surface area contributed by atoms with Crippen LogP contribution in [0.15, 0.2) is 17.5 Å². The van der Waals surface area contributed by atoms with Crippen molar-refractivity contribution >= 4 is 17.4 Å². The summed E-state index contributed by atoms with van der Waals surface area (Å²) < 4.78 is 0. The minimum absolute atomic E-state index is 0.251. The molecule has 0 aromatic carbocycles. The lowest BCUT2D eigenvalue weighted by Crippen LogP contribution is -2.38. The van der Waals surface area contributed by atoms with Crippen LogP contribution >= 0.6 is 11.3 Å². The first-order chi connectivity index (χ1) is 6.68. The number of thiophene rings is 1. The Balaban J connectivity index is 2.15. The molecule has 2 amide bonds. The number of hydrogen-bond donors (Lipinski definition) is 3. The molecular weight excluding hydrogens is 200 g/mol. The van der Waals surface area contributed by atoms with Crippen molar-refractivity contribution in [1.82, 2.24) is 10.6 Å². The second kappa shape index (κ2) is 5.62. The maximum absolute atomic E-state index is 11.1. The number of aliphatic hydroxyl groups excluding tert-OH is 1. The van der Waals surface area contributed by atoms with Crippen LogP contribution in [0.2, 0.25) is 0 Å². The van der Waals surface area contributed by atoms with Crippen molar-refractivity contribution in [3.05, 3.63) is 22.4 Å². The molecule has 1 aromatic rings. The largest absolute Gasteiger partial charge is 0.392 e. The summed E-state index contributed by atoms with van der Waals surface area (Å²) in [5, 5.41) is 16.1. The molecule has 0 aliphatic carbocycles. The highest BCUT2D eigenvalue weighted by Crippen LogP contribution is 2.06. The summed E-state index contributed by atoms with van der Waals surface area (Å²) in [6.45, 7) is 2.43. The van der Waals surface area contributed by atoms with E-state index in [2.05, 4.69) is 10.6 Å². The molecule has 0 aliphatic heterocycles. The minimum atomic E-state index is -0.512. The topological polar surface area (TPSA) is 61.4 Å². The normalized spacial score (nSPS) is 12.1. The smallest absolute Gasteiger partial charge is 0.315 e. The van der Waals surface area contributed by atoms with Crippen molar-refractivity contribution in [1.29, 1.82) is 0 Å². The van der Waals surface area contributed by atoms with Gasteiger partial charge in [-0.05, 0) is 18.4 Å². The van der Waals surface area contributed by atoms with Crippen LogP contribution in [0.4, 0.5) is 4.79 Å². The molecule has 0 bridgehead atoms. The first kappa shape index (κ1) is 11.0. The second-order valence-electron chi connectivity index (χ2n) is 2.99. The van der Waals surface area contributed by atoms with Gasteiger partial charge in [0.15, 0.2) is 0 Å². The number of urea groups is 1. The second-order valence-corrected chi connectivity index (χ2v) is 4.02. The molecule has 0 saturated carbocycles. The standard InChI is InChI=1S/C9H14N2O2S/c1-7(12)5-10-9(13)11-6-8-3-2-4-14-8/h2-4,7,12H,5-6H2,1H3,(H2,10,11,13)/t7-/m0/s1. The maximum atomic E-state index is 11.1. The van der Waals surface area contributed by atoms with Gasteiger partial charge in [0.1, 0.15) is 0 Å². The van der Waals surface area contributed by atoms with Crippen LogP contribution in [-0.2, 0) is 6.54 Å². The Labute approximate surface area is 87.0 Å². The number of hydrogen-bond acceptors (Lipinski definition) is 3. The van der Waals surface area contributed by atoms with Gasteiger partial charge in [-0.15, -0.1) is 11.3 Å². The van der Waals surface area contributed by atoms with E-state index in [-0.39, 0.29) is 12.6 Å². The number of amides is 2. The third-order valence-electron chi connectivity index (χ3n) is 1.56. The molecule has 0 radical (unpaired) electrons. The summed E-state index contributed by atoms with van der Waals surface area (Å²) >= 11 is 1.60. The zero-order valence-electron chi connectivity index (χ0n) is 7.99. The predicted octanol–water partition coefficient (Wildman–Crippen LogP) is 0.928. The first-order valence-electron chi connectivity index (χ1n) is 4.40. The van der Waals surface area contributed by atoms with Gasteiger partial charge in [-0.2, -0.15) is 0 Å². The summed E-state index contributed by atoms with van der Waals surface area (Å²) in [5.41, 5.74) is 0. The van der Waals surface area contributed by atoms with E-state index in [1.807, 2.05) is 17.5 Å². The molecule has 0 spiro atoms. The van der Waals surface area contributed by atoms with Crippen LogP contribution in [0.1, 0.15) is 11.8 Å². The van der Waals surface area contributed by atoms with E-state index >= 15 is 0 Å². The molecule has 0 unspecified atom stereocenters. The van der Waals surface area contributed by atoms with Gasteiger partial charge in [-0.25, -0.2) is 4.79 Å². The van der Waals surface area contributed by atoms with Crippen molar-refractivity contribution in [2.45, 2.75) is 19.6 Å². The molecule has 1 rings (SSSR count). The van der Waals surface area contributed by atoms with Gasteiger partial charge in [-0.3, -0.25) is 0 Å². The van der Waals surface area contributed by atoms with Crippen LogP contribution in [-0.4, -0.2) is 23.8 Å². The number of carbonyl (C=O) groups excluding carboxylic acids is 1. The van der Waals surface area contributed by atoms with Crippen molar-refractivity contribution in [3.8, 4) is 0 Å². The summed E-state index contributed by atoms with van der Waals surface area (Å²) in [5.74, 6) is 0. The molecule has 1 aromatic heterocycles. The molecule has 0 saturated heterocycles. The van der Waals surface area contributed by atoms with E-state index in [1.54, 1.807) is 18.3 Å². The molecule has 0 aliphatic rings. The number of carbonyl (C=O) groups is 1. The molecule has 1 atom stereocenters. The van der Waals surface area contributed by atoms with Gasteiger partial charge in [0.2, 0.25) is 0 Å². The third kappa shape index (κ3) is 4.25. The Bertz CT molecular complexity index is 272. The van der Waals surface area contributed by atoms with E-state index in [4.69, 9.17) is 5.11 Å². The summed E-state index contributed by atoms with van der Waals surface area (Å²) in [6, 6.07) is 3.65. The predicted molar refractivity (Wildman–Crippen MR) is 56.2 cm³/mol. The molecular formula is C9H14N2O2S. The lowest BCUT2D eigenvalue weighted by atomic mass is 10.4. The number of rotatable bonds is 4. The fraction of sp³-hybridized carbons (Fsp3) is 0.444. The van der Waals surface area contributed by atoms with Crippen LogP contribution in [0.25, 0.3) is 0 Å². The fourth-order valence-electron chi connectivity index (χ4n) is 0.883. The Morgan fingerprint density at radius 2 is 2.43 bits per heavy atom. The van der Waals surface area contributed by atoms with Gasteiger partial charge >= 0.3 is 6.03 Å². The monoisotopic (exact) mass is 214 g/mol. The zero-order valence-corrected chi connectivity index (χ0v) is 8.80. The molecule has 0 fully saturated rings. The quantitative estimate of drug-likeness (QED) is 0.698. The Morgan fingerprint density at radius 1 is 1.64 bits per heavy atom. The van der Waals surface area contributed by atoms with E-state index in [0.29, 0.717) is 6.54 Å². The van der Waals surface area contributed by atoms with E-state index in [0.717, 1.165) is 4.88 Å². The Kier molecular flexibility index (Phi) is 4.42. The van der Waals surface area contributed by atoms with E-state index in [1.165, 1.54) is 0 Å². The lowest BCUT2D eigenvalue weighted by Gasteiger charge is -2.07. The van der Waals surface area contributed by atoms with Gasteiger partial charge < -0.3 is 15.7 Å². The van der Waals surface area contributed by atoms with Crippen molar-refractivity contribution in [2.75, 3.05) is 6.54 Å². The summed E-state index contributed by atoms with van der Waals surface area (Å²) in [6.07, 6.45) is -0.512. The summed E-state index contributed by atoms with van der Waals surface area (Å²) in [4.78, 5) is 12.2. The highest BCUT2D eigenvalue weighted by atomic mass is 32.1. The zero-order chi connectivity index (χ0) is 10.4. The van der Waals surface area contributed by atoms with Gasteiger partial charge in [0, 0.05) is 11.4 Å². The third-order valence-corrected chi connectivity index (χ3v) is 2.44. The molecule has 1 heterocycles. The lowest BCUT2D eigenvalue weighted by molar-refractivity contribution is 0.187. The average Bonchev–Trinajstić information content (AvgIpc) is 2.63. The van der Waals surface area contributed by atoms with Crippen LogP contribution in [0.3, 0.4) is 0 Å². The maximum Gasteiger partial charge on any atom is 0.315 e. The molecule has 4 nitrogen and oxygen atoms in total. The molecule has 5 heteroatoms. The van der Waals surface area contributed by atoms with Gasteiger partial charge in [-0.1, -0.05) is 6.07 Å². The number of aliphatic hydroxyl groups is 1. The van der Waals surface area contributed by atoms with Crippen molar-refractivity contribution < 1.29 is 9.90 Å². The van der Waals surface area contributed by atoms with E-state index in [9.17, 15) is 4.79 Å². The highest BCUT2D eigenvalue weighted by molar-refractivity contribution is 7.09. The Hall–Kier alpha value is -1.07. The molecule has 14 heavy (non-hydrogen) atoms. The number of nitrogens with one attached hydrogen (secondary N) is 2. The van der Waals surface area contributed by atoms with E-state index < -0.39 is 6.10 Å². The highest BCUT2D eigenvalue weighted by Gasteiger charge is 2.01. The van der Waals surface area contributed by atoms with Crippen LogP contribution in [0, 0.1) is 0 Å². The summed E-state index contributed by atoms with van der Waals surface area (Å²) in [7, 11) is 0. The minimum Gasteiger partial charge on any atom is -0.392 e. The fourth-order valence-corrected chi connectivity index (χ4v) is 1.53. The van der Waals surface area contributed by atoms with Crippen molar-refractivity contribution in [2.24, 2.45) is 0 Å². The van der Waals surface area contributed by atoms with Gasteiger partial charge in [0.05, 0.1) is 12.6 Å². The Morgan fingerprint density at radius 3 is 3.00 bits per heavy atom. The SMILES string of the molecule is C[C@H](O)CNC(=O)NCc1cccs1. The van der Waals surface area contributed by atoms with Crippen LogP contribution < -0.4 is 10.6 Å². The first-order valence-corrected chi connectivity index (χ1v) is 5.28. The van der Waals surface area contributed by atoms with Crippen molar-refractivity contribution in [3.63, 3.8) is 0 Å². The molecule has 78 valence electrons. The molecule has 3 N–H and O–H groups in total.